The highest BCUT2D eigenvalue weighted by molar-refractivity contribution is 5.59. The molecule has 2 aliphatic heterocycles. The maximum atomic E-state index is 11.4. The van der Waals surface area contributed by atoms with Crippen LogP contribution in [0.5, 0.6) is 0 Å². The van der Waals surface area contributed by atoms with Crippen LogP contribution in [0, 0.1) is 0 Å². The van der Waals surface area contributed by atoms with Gasteiger partial charge in [0.15, 0.2) is 0 Å². The SMILES string of the molecule is O=C(OCC1CCCCO1)OCC1CCCCO1. The van der Waals surface area contributed by atoms with Crippen LogP contribution in [-0.4, -0.2) is 44.8 Å². The Labute approximate surface area is 108 Å². The largest absolute Gasteiger partial charge is 0.508 e. The van der Waals surface area contributed by atoms with Crippen molar-refractivity contribution in [2.45, 2.75) is 50.7 Å². The summed E-state index contributed by atoms with van der Waals surface area (Å²) < 4.78 is 21.0. The first kappa shape index (κ1) is 13.6. The Morgan fingerprint density at radius 1 is 0.889 bits per heavy atom. The van der Waals surface area contributed by atoms with Crippen molar-refractivity contribution in [3.63, 3.8) is 0 Å². The molecule has 5 nitrogen and oxygen atoms in total. The Hall–Kier alpha value is -0.810. The Kier molecular flexibility index (Phi) is 5.74. The molecule has 2 aliphatic rings. The summed E-state index contributed by atoms with van der Waals surface area (Å²) in [5.74, 6) is 0. The minimum absolute atomic E-state index is 0.0391. The van der Waals surface area contributed by atoms with Crippen LogP contribution in [0.4, 0.5) is 4.79 Å². The molecular formula is C13H22O5. The Bertz CT molecular complexity index is 220. The van der Waals surface area contributed by atoms with Gasteiger partial charge in [0.25, 0.3) is 0 Å². The van der Waals surface area contributed by atoms with E-state index in [-0.39, 0.29) is 12.2 Å². The molecule has 0 amide bonds. The average Bonchev–Trinajstić information content (AvgIpc) is 2.45. The molecule has 2 heterocycles. The van der Waals surface area contributed by atoms with E-state index in [2.05, 4.69) is 0 Å². The van der Waals surface area contributed by atoms with Crippen molar-refractivity contribution in [2.75, 3.05) is 26.4 Å². The molecule has 0 aromatic carbocycles. The molecule has 2 fully saturated rings. The molecule has 104 valence electrons. The first-order chi connectivity index (χ1) is 8.84. The number of carbonyl (C=O) groups is 1. The van der Waals surface area contributed by atoms with Crippen molar-refractivity contribution in [3.8, 4) is 0 Å². The van der Waals surface area contributed by atoms with Crippen LogP contribution in [0.15, 0.2) is 0 Å². The van der Waals surface area contributed by atoms with E-state index in [1.54, 1.807) is 0 Å². The lowest BCUT2D eigenvalue weighted by Gasteiger charge is -2.23. The standard InChI is InChI=1S/C13H22O5/c14-13(17-9-11-5-1-3-7-15-11)18-10-12-6-2-4-8-16-12/h11-12H,1-10H2. The lowest BCUT2D eigenvalue weighted by Crippen LogP contribution is -2.29. The highest BCUT2D eigenvalue weighted by Crippen LogP contribution is 2.14. The summed E-state index contributed by atoms with van der Waals surface area (Å²) in [5, 5.41) is 0. The molecule has 2 rings (SSSR count). The van der Waals surface area contributed by atoms with Crippen LogP contribution in [-0.2, 0) is 18.9 Å². The van der Waals surface area contributed by atoms with Gasteiger partial charge in [0.2, 0.25) is 0 Å². The fourth-order valence-corrected chi connectivity index (χ4v) is 2.24. The fraction of sp³-hybridized carbons (Fsp3) is 0.923. The van der Waals surface area contributed by atoms with Crippen molar-refractivity contribution < 1.29 is 23.7 Å². The molecule has 0 bridgehead atoms. The number of carbonyl (C=O) groups excluding carboxylic acids is 1. The van der Waals surface area contributed by atoms with Gasteiger partial charge in [0.05, 0.1) is 12.2 Å². The van der Waals surface area contributed by atoms with Gasteiger partial charge in [0.1, 0.15) is 13.2 Å². The van der Waals surface area contributed by atoms with E-state index < -0.39 is 6.16 Å². The van der Waals surface area contributed by atoms with Gasteiger partial charge in [-0.2, -0.15) is 0 Å². The lowest BCUT2D eigenvalue weighted by atomic mass is 10.1. The fourth-order valence-electron chi connectivity index (χ4n) is 2.24. The van der Waals surface area contributed by atoms with Crippen molar-refractivity contribution in [1.82, 2.24) is 0 Å². The molecule has 0 N–H and O–H groups in total. The summed E-state index contributed by atoms with van der Waals surface area (Å²) in [5.41, 5.74) is 0. The first-order valence-corrected chi connectivity index (χ1v) is 6.87. The predicted molar refractivity (Wildman–Crippen MR) is 64.5 cm³/mol. The van der Waals surface area contributed by atoms with Gasteiger partial charge >= 0.3 is 6.16 Å². The highest BCUT2D eigenvalue weighted by atomic mass is 16.7. The van der Waals surface area contributed by atoms with Gasteiger partial charge in [-0.05, 0) is 38.5 Å². The Balaban J connectivity index is 1.54. The monoisotopic (exact) mass is 258 g/mol. The van der Waals surface area contributed by atoms with Crippen LogP contribution in [0.2, 0.25) is 0 Å². The van der Waals surface area contributed by atoms with Gasteiger partial charge in [0, 0.05) is 13.2 Å². The van der Waals surface area contributed by atoms with Crippen molar-refractivity contribution >= 4 is 6.16 Å². The second-order valence-electron chi connectivity index (χ2n) is 4.85. The molecule has 0 saturated carbocycles. The molecule has 2 atom stereocenters. The van der Waals surface area contributed by atoms with E-state index in [0.717, 1.165) is 51.7 Å². The number of rotatable bonds is 4. The van der Waals surface area contributed by atoms with Gasteiger partial charge in [-0.1, -0.05) is 0 Å². The maximum absolute atomic E-state index is 11.4. The third-order valence-corrected chi connectivity index (χ3v) is 3.32. The van der Waals surface area contributed by atoms with E-state index in [9.17, 15) is 4.79 Å². The zero-order valence-corrected chi connectivity index (χ0v) is 10.8. The molecule has 2 unspecified atom stereocenters. The van der Waals surface area contributed by atoms with Crippen LogP contribution in [0.1, 0.15) is 38.5 Å². The smallest absolute Gasteiger partial charge is 0.432 e. The zero-order chi connectivity index (χ0) is 12.6. The van der Waals surface area contributed by atoms with Gasteiger partial charge in [-0.25, -0.2) is 4.79 Å². The number of hydrogen-bond donors (Lipinski definition) is 0. The van der Waals surface area contributed by atoms with E-state index in [1.165, 1.54) is 0 Å². The molecular weight excluding hydrogens is 236 g/mol. The summed E-state index contributed by atoms with van der Waals surface area (Å²) in [6.45, 7) is 2.12. The summed E-state index contributed by atoms with van der Waals surface area (Å²) in [4.78, 5) is 11.4. The Morgan fingerprint density at radius 2 is 1.39 bits per heavy atom. The normalized spacial score (nSPS) is 28.7. The summed E-state index contributed by atoms with van der Waals surface area (Å²) in [6.07, 6.45) is 5.85. The van der Waals surface area contributed by atoms with E-state index in [1.807, 2.05) is 0 Å². The summed E-state index contributed by atoms with van der Waals surface area (Å²) >= 11 is 0. The van der Waals surface area contributed by atoms with Crippen LogP contribution >= 0.6 is 0 Å². The summed E-state index contributed by atoms with van der Waals surface area (Å²) in [6, 6.07) is 0. The minimum Gasteiger partial charge on any atom is -0.432 e. The average molecular weight is 258 g/mol. The highest BCUT2D eigenvalue weighted by Gasteiger charge is 2.19. The zero-order valence-electron chi connectivity index (χ0n) is 10.8. The lowest BCUT2D eigenvalue weighted by molar-refractivity contribution is -0.0573. The topological polar surface area (TPSA) is 54.0 Å². The molecule has 0 aromatic rings. The second kappa shape index (κ2) is 7.59. The second-order valence-corrected chi connectivity index (χ2v) is 4.85. The van der Waals surface area contributed by atoms with Crippen LogP contribution in [0.3, 0.4) is 0 Å². The van der Waals surface area contributed by atoms with E-state index in [4.69, 9.17) is 18.9 Å². The van der Waals surface area contributed by atoms with Crippen molar-refractivity contribution in [3.05, 3.63) is 0 Å². The molecule has 0 spiro atoms. The van der Waals surface area contributed by atoms with Crippen molar-refractivity contribution in [2.24, 2.45) is 0 Å². The third-order valence-electron chi connectivity index (χ3n) is 3.32. The van der Waals surface area contributed by atoms with Crippen molar-refractivity contribution in [1.29, 1.82) is 0 Å². The summed E-state index contributed by atoms with van der Waals surface area (Å²) in [7, 11) is 0. The van der Waals surface area contributed by atoms with Gasteiger partial charge < -0.3 is 18.9 Å². The molecule has 5 heteroatoms. The Morgan fingerprint density at radius 3 is 1.78 bits per heavy atom. The first-order valence-electron chi connectivity index (χ1n) is 6.87. The maximum Gasteiger partial charge on any atom is 0.508 e. The predicted octanol–water partition coefficient (Wildman–Crippen LogP) is 2.28. The third kappa shape index (κ3) is 4.82. The van der Waals surface area contributed by atoms with Crippen LogP contribution < -0.4 is 0 Å². The van der Waals surface area contributed by atoms with Crippen LogP contribution in [0.25, 0.3) is 0 Å². The molecule has 0 radical (unpaired) electrons. The van der Waals surface area contributed by atoms with Gasteiger partial charge in [-0.15, -0.1) is 0 Å². The molecule has 0 aromatic heterocycles. The van der Waals surface area contributed by atoms with E-state index >= 15 is 0 Å². The molecule has 18 heavy (non-hydrogen) atoms. The number of hydrogen-bond acceptors (Lipinski definition) is 5. The minimum atomic E-state index is -0.613. The molecule has 0 aliphatic carbocycles. The van der Waals surface area contributed by atoms with E-state index in [0.29, 0.717) is 13.2 Å². The number of ether oxygens (including phenoxy) is 4. The molecule has 2 saturated heterocycles. The quantitative estimate of drug-likeness (QED) is 0.724. The van der Waals surface area contributed by atoms with Gasteiger partial charge in [-0.3, -0.25) is 0 Å².